The number of aromatic amines is 1. The van der Waals surface area contributed by atoms with Crippen LogP contribution in [-0.4, -0.2) is 35.3 Å². The van der Waals surface area contributed by atoms with Crippen molar-refractivity contribution in [2.45, 2.75) is 19.4 Å². The predicted molar refractivity (Wildman–Crippen MR) is 55.7 cm³/mol. The number of aromatic nitrogens is 1. The van der Waals surface area contributed by atoms with E-state index >= 15 is 0 Å². The number of carboxylic acids is 1. The lowest BCUT2D eigenvalue weighted by molar-refractivity contribution is 0.0688. The number of fused-ring (bicyclic) bond motifs is 1. The molecule has 1 aliphatic rings. The van der Waals surface area contributed by atoms with Crippen molar-refractivity contribution >= 4 is 11.7 Å². The van der Waals surface area contributed by atoms with E-state index in [0.717, 1.165) is 0 Å². The lowest BCUT2D eigenvalue weighted by Crippen LogP contribution is -2.45. The molecule has 0 amide bonds. The van der Waals surface area contributed by atoms with E-state index in [9.17, 15) is 4.79 Å². The quantitative estimate of drug-likeness (QED) is 0.733. The van der Waals surface area contributed by atoms with Crippen molar-refractivity contribution in [3.05, 3.63) is 11.9 Å². The number of carbonyl (C=O) groups is 1. The number of ether oxygens (including phenoxy) is 1. The molecule has 0 fully saturated rings. The normalized spacial score (nSPS) is 18.2. The molecule has 0 aromatic carbocycles. The van der Waals surface area contributed by atoms with Gasteiger partial charge in [-0.15, -0.1) is 0 Å². The average molecular weight is 210 g/mol. The summed E-state index contributed by atoms with van der Waals surface area (Å²) in [6.07, 6.45) is 1.59. The molecule has 2 rings (SSSR count). The van der Waals surface area contributed by atoms with E-state index in [1.54, 1.807) is 6.20 Å². The molecule has 0 saturated heterocycles. The highest BCUT2D eigenvalue weighted by Crippen LogP contribution is 2.38. The van der Waals surface area contributed by atoms with Gasteiger partial charge >= 0.3 is 5.97 Å². The van der Waals surface area contributed by atoms with Gasteiger partial charge < -0.3 is 19.7 Å². The topological polar surface area (TPSA) is 65.6 Å². The van der Waals surface area contributed by atoms with E-state index < -0.39 is 5.97 Å². The molecule has 0 unspecified atom stereocenters. The third-order valence-electron chi connectivity index (χ3n) is 2.42. The van der Waals surface area contributed by atoms with Crippen molar-refractivity contribution in [2.75, 3.05) is 18.5 Å². The van der Waals surface area contributed by atoms with Crippen molar-refractivity contribution in [3.8, 4) is 5.75 Å². The third kappa shape index (κ3) is 1.54. The molecule has 1 aliphatic heterocycles. The zero-order chi connectivity index (χ0) is 11.2. The molecule has 0 bridgehead atoms. The summed E-state index contributed by atoms with van der Waals surface area (Å²) in [5.41, 5.74) is 0.518. The molecule has 2 heterocycles. The number of nitrogens with one attached hydrogen (secondary N) is 1. The number of hydrogen-bond donors (Lipinski definition) is 2. The number of rotatable bonds is 1. The maximum atomic E-state index is 10.9. The number of carboxylic acid groups (broad SMARTS) is 1. The second-order valence-electron chi connectivity index (χ2n) is 4.40. The number of likely N-dealkylation sites (N-methyl/N-ethyl adjacent to an activating group) is 1. The fourth-order valence-corrected chi connectivity index (χ4v) is 2.00. The van der Waals surface area contributed by atoms with Gasteiger partial charge in [0.15, 0.2) is 11.4 Å². The molecule has 0 saturated carbocycles. The lowest BCUT2D eigenvalue weighted by Gasteiger charge is -2.37. The smallest absolute Gasteiger partial charge is 0.354 e. The van der Waals surface area contributed by atoms with Crippen LogP contribution in [-0.2, 0) is 0 Å². The molecule has 1 aromatic heterocycles. The van der Waals surface area contributed by atoms with Crippen LogP contribution >= 0.6 is 0 Å². The van der Waals surface area contributed by atoms with Gasteiger partial charge in [-0.25, -0.2) is 4.79 Å². The standard InChI is InChI=1S/C10H14N2O3/c1-10(2)5-12(3)8-6(15-10)4-11-7(8)9(13)14/h4,11H,5H2,1-3H3,(H,13,14). The van der Waals surface area contributed by atoms with Crippen LogP contribution in [0.2, 0.25) is 0 Å². The van der Waals surface area contributed by atoms with Crippen LogP contribution in [0, 0.1) is 0 Å². The number of nitrogens with zero attached hydrogens (tertiary/aromatic N) is 1. The van der Waals surface area contributed by atoms with Crippen LogP contribution in [0.3, 0.4) is 0 Å². The van der Waals surface area contributed by atoms with Crippen LogP contribution in [0.25, 0.3) is 0 Å². The largest absolute Gasteiger partial charge is 0.482 e. The van der Waals surface area contributed by atoms with Crippen LogP contribution in [0.5, 0.6) is 5.75 Å². The zero-order valence-corrected chi connectivity index (χ0v) is 9.00. The molecule has 0 aliphatic carbocycles. The second-order valence-corrected chi connectivity index (χ2v) is 4.40. The van der Waals surface area contributed by atoms with Gasteiger partial charge in [-0.05, 0) is 13.8 Å². The predicted octanol–water partition coefficient (Wildman–Crippen LogP) is 1.32. The van der Waals surface area contributed by atoms with Crippen molar-refractivity contribution < 1.29 is 14.6 Å². The molecule has 5 heteroatoms. The molecule has 15 heavy (non-hydrogen) atoms. The van der Waals surface area contributed by atoms with Gasteiger partial charge in [-0.3, -0.25) is 0 Å². The summed E-state index contributed by atoms with van der Waals surface area (Å²) in [6, 6.07) is 0. The van der Waals surface area contributed by atoms with E-state index in [2.05, 4.69) is 4.98 Å². The second kappa shape index (κ2) is 2.92. The van der Waals surface area contributed by atoms with Crippen LogP contribution in [0.15, 0.2) is 6.20 Å². The average Bonchev–Trinajstić information content (AvgIpc) is 2.45. The summed E-state index contributed by atoms with van der Waals surface area (Å²) in [5, 5.41) is 8.96. The maximum absolute atomic E-state index is 10.9. The van der Waals surface area contributed by atoms with E-state index in [-0.39, 0.29) is 11.3 Å². The fourth-order valence-electron chi connectivity index (χ4n) is 2.00. The van der Waals surface area contributed by atoms with Crippen molar-refractivity contribution in [3.63, 3.8) is 0 Å². The monoisotopic (exact) mass is 210 g/mol. The Bertz CT molecular complexity index is 409. The van der Waals surface area contributed by atoms with Crippen LogP contribution in [0.4, 0.5) is 5.69 Å². The van der Waals surface area contributed by atoms with Gasteiger partial charge in [0.1, 0.15) is 11.3 Å². The minimum atomic E-state index is -0.966. The summed E-state index contributed by atoms with van der Waals surface area (Å²) in [4.78, 5) is 15.5. The fraction of sp³-hybridized carbons (Fsp3) is 0.500. The first-order chi connectivity index (χ1) is 6.91. The summed E-state index contributed by atoms with van der Waals surface area (Å²) in [7, 11) is 1.86. The Balaban J connectivity index is 2.48. The van der Waals surface area contributed by atoms with Gasteiger partial charge in [-0.1, -0.05) is 0 Å². The summed E-state index contributed by atoms with van der Waals surface area (Å²) >= 11 is 0. The number of aromatic carboxylic acids is 1. The molecule has 0 atom stereocenters. The summed E-state index contributed by atoms with van der Waals surface area (Å²) in [6.45, 7) is 4.61. The molecular weight excluding hydrogens is 196 g/mol. The SMILES string of the molecule is CN1CC(C)(C)Oc2c[nH]c(C(=O)O)c21. The lowest BCUT2D eigenvalue weighted by atomic mass is 10.1. The minimum Gasteiger partial charge on any atom is -0.482 e. The number of H-pyrrole nitrogens is 1. The van der Waals surface area contributed by atoms with Crippen molar-refractivity contribution in [1.29, 1.82) is 0 Å². The number of hydrogen-bond acceptors (Lipinski definition) is 3. The third-order valence-corrected chi connectivity index (χ3v) is 2.42. The maximum Gasteiger partial charge on any atom is 0.354 e. The van der Waals surface area contributed by atoms with Gasteiger partial charge in [0.25, 0.3) is 0 Å². The van der Waals surface area contributed by atoms with Crippen molar-refractivity contribution in [2.24, 2.45) is 0 Å². The highest BCUT2D eigenvalue weighted by molar-refractivity contribution is 5.94. The Hall–Kier alpha value is -1.65. The molecule has 0 radical (unpaired) electrons. The molecule has 1 aromatic rings. The Morgan fingerprint density at radius 1 is 1.67 bits per heavy atom. The summed E-state index contributed by atoms with van der Waals surface area (Å²) in [5.74, 6) is -0.363. The van der Waals surface area contributed by atoms with Gasteiger partial charge in [0, 0.05) is 13.2 Å². The Morgan fingerprint density at radius 3 is 2.93 bits per heavy atom. The molecule has 2 N–H and O–H groups in total. The Labute approximate surface area is 87.7 Å². The zero-order valence-electron chi connectivity index (χ0n) is 9.00. The molecule has 0 spiro atoms. The van der Waals surface area contributed by atoms with Crippen molar-refractivity contribution in [1.82, 2.24) is 4.98 Å². The minimum absolute atomic E-state index is 0.183. The van der Waals surface area contributed by atoms with Gasteiger partial charge in [0.05, 0.1) is 6.54 Å². The molecule has 5 nitrogen and oxygen atoms in total. The van der Waals surface area contributed by atoms with Gasteiger partial charge in [0.2, 0.25) is 0 Å². The molecule has 82 valence electrons. The Kier molecular flexibility index (Phi) is 1.92. The first kappa shape index (κ1) is 9.89. The van der Waals surface area contributed by atoms with E-state index in [4.69, 9.17) is 9.84 Å². The first-order valence-electron chi connectivity index (χ1n) is 4.75. The summed E-state index contributed by atoms with van der Waals surface area (Å²) < 4.78 is 5.68. The highest BCUT2D eigenvalue weighted by atomic mass is 16.5. The first-order valence-corrected chi connectivity index (χ1v) is 4.75. The molecular formula is C10H14N2O3. The van der Waals surface area contributed by atoms with E-state index in [0.29, 0.717) is 18.0 Å². The van der Waals surface area contributed by atoms with Gasteiger partial charge in [-0.2, -0.15) is 0 Å². The Morgan fingerprint density at radius 2 is 2.33 bits per heavy atom. The van der Waals surface area contributed by atoms with E-state index in [1.165, 1.54) is 0 Å². The highest BCUT2D eigenvalue weighted by Gasteiger charge is 2.33. The van der Waals surface area contributed by atoms with Crippen LogP contribution in [0.1, 0.15) is 24.3 Å². The van der Waals surface area contributed by atoms with Crippen LogP contribution < -0.4 is 9.64 Å². The number of anilines is 1. The van der Waals surface area contributed by atoms with E-state index in [1.807, 2.05) is 25.8 Å².